The molecule has 0 aliphatic heterocycles. The molecule has 0 saturated carbocycles. The van der Waals surface area contributed by atoms with Crippen molar-refractivity contribution < 1.29 is 9.53 Å². The Labute approximate surface area is 200 Å². The van der Waals surface area contributed by atoms with Crippen LogP contribution in [-0.2, 0) is 11.4 Å². The van der Waals surface area contributed by atoms with Gasteiger partial charge < -0.3 is 10.1 Å². The number of para-hydroxylation sites is 1. The zero-order chi connectivity index (χ0) is 24.1. The smallest absolute Gasteiger partial charge is 0.266 e. The van der Waals surface area contributed by atoms with Gasteiger partial charge in [-0.2, -0.15) is 5.26 Å². The van der Waals surface area contributed by atoms with Crippen LogP contribution < -0.4 is 10.1 Å². The van der Waals surface area contributed by atoms with Crippen molar-refractivity contribution in [1.82, 2.24) is 0 Å². The van der Waals surface area contributed by atoms with Gasteiger partial charge in [0.25, 0.3) is 5.91 Å². The van der Waals surface area contributed by atoms with E-state index in [-0.39, 0.29) is 5.57 Å². The van der Waals surface area contributed by atoms with Crippen LogP contribution in [0, 0.1) is 32.1 Å². The van der Waals surface area contributed by atoms with Crippen LogP contribution in [0.15, 0.2) is 84.4 Å². The number of carbonyl (C=O) groups excluding carboxylic acids is 1. The van der Waals surface area contributed by atoms with E-state index in [0.717, 1.165) is 33.0 Å². The Bertz CT molecular complexity index is 1440. The van der Waals surface area contributed by atoms with Crippen LogP contribution in [0.1, 0.15) is 27.8 Å². The van der Waals surface area contributed by atoms with Gasteiger partial charge in [-0.3, -0.25) is 4.79 Å². The van der Waals surface area contributed by atoms with E-state index in [0.29, 0.717) is 23.6 Å². The number of nitrogens with zero attached hydrogens (tertiary/aromatic N) is 1. The lowest BCUT2D eigenvalue weighted by Crippen LogP contribution is -2.14. The minimum atomic E-state index is -0.448. The molecule has 0 spiro atoms. The highest BCUT2D eigenvalue weighted by Gasteiger charge is 2.13. The van der Waals surface area contributed by atoms with Crippen molar-refractivity contribution in [2.45, 2.75) is 27.4 Å². The van der Waals surface area contributed by atoms with E-state index in [9.17, 15) is 10.1 Å². The van der Waals surface area contributed by atoms with Gasteiger partial charge in [-0.05, 0) is 66.4 Å². The molecule has 4 aromatic carbocycles. The summed E-state index contributed by atoms with van der Waals surface area (Å²) in [6.45, 7) is 6.38. The van der Waals surface area contributed by atoms with Crippen LogP contribution in [-0.4, -0.2) is 5.91 Å². The molecule has 1 N–H and O–H groups in total. The molecule has 4 rings (SSSR count). The third-order valence-electron chi connectivity index (χ3n) is 6.08. The highest BCUT2D eigenvalue weighted by atomic mass is 16.5. The molecule has 4 nitrogen and oxygen atoms in total. The van der Waals surface area contributed by atoms with Crippen LogP contribution in [0.2, 0.25) is 0 Å². The first-order valence-corrected chi connectivity index (χ1v) is 11.2. The van der Waals surface area contributed by atoms with Crippen LogP contribution in [0.3, 0.4) is 0 Å². The van der Waals surface area contributed by atoms with Gasteiger partial charge in [-0.15, -0.1) is 0 Å². The molecule has 0 heterocycles. The molecule has 4 heteroatoms. The summed E-state index contributed by atoms with van der Waals surface area (Å²) in [5.41, 5.74) is 5.70. The molecule has 0 saturated heterocycles. The topological polar surface area (TPSA) is 62.1 Å². The highest BCUT2D eigenvalue weighted by molar-refractivity contribution is 6.10. The van der Waals surface area contributed by atoms with Crippen molar-refractivity contribution >= 4 is 28.4 Å². The maximum atomic E-state index is 12.9. The second-order valence-corrected chi connectivity index (χ2v) is 8.28. The average molecular weight is 447 g/mol. The quantitative estimate of drug-likeness (QED) is 0.259. The summed E-state index contributed by atoms with van der Waals surface area (Å²) in [6.07, 6.45) is 1.58. The van der Waals surface area contributed by atoms with Crippen LogP contribution in [0.25, 0.3) is 16.8 Å². The number of hydrogen-bond acceptors (Lipinski definition) is 3. The largest absolute Gasteiger partial charge is 0.488 e. The number of amides is 1. The standard InChI is InChI=1S/C30H26N2O2/c1-20-9-8-13-28(22(20)3)32-30(33)25(18-31)17-24-11-5-7-14-29(24)34-19-27-21(2)15-16-23-10-4-6-12-26(23)27/h4-17H,19H2,1-3H3,(H,32,33)/b25-17+. The van der Waals surface area contributed by atoms with Crippen LogP contribution >= 0.6 is 0 Å². The normalized spacial score (nSPS) is 11.2. The minimum absolute atomic E-state index is 0.0123. The van der Waals surface area contributed by atoms with Crippen molar-refractivity contribution in [2.24, 2.45) is 0 Å². The van der Waals surface area contributed by atoms with Gasteiger partial charge in [-0.1, -0.05) is 66.7 Å². The Morgan fingerprint density at radius 3 is 2.50 bits per heavy atom. The average Bonchev–Trinajstić information content (AvgIpc) is 2.85. The third kappa shape index (κ3) is 4.84. The number of rotatable bonds is 6. The molecule has 0 bridgehead atoms. The van der Waals surface area contributed by atoms with Gasteiger partial charge >= 0.3 is 0 Å². The number of benzene rings is 4. The molecule has 0 fully saturated rings. The fraction of sp³-hybridized carbons (Fsp3) is 0.133. The maximum Gasteiger partial charge on any atom is 0.266 e. The summed E-state index contributed by atoms with van der Waals surface area (Å²) >= 11 is 0. The zero-order valence-corrected chi connectivity index (χ0v) is 19.6. The molecule has 0 unspecified atom stereocenters. The number of carbonyl (C=O) groups is 1. The Hall–Kier alpha value is -4.36. The molecule has 34 heavy (non-hydrogen) atoms. The number of fused-ring (bicyclic) bond motifs is 1. The van der Waals surface area contributed by atoms with Gasteiger partial charge in [0.05, 0.1) is 0 Å². The van der Waals surface area contributed by atoms with Crippen molar-refractivity contribution in [2.75, 3.05) is 5.32 Å². The number of hydrogen-bond donors (Lipinski definition) is 1. The maximum absolute atomic E-state index is 12.9. The molecular formula is C30H26N2O2. The predicted octanol–water partition coefficient (Wildman–Crippen LogP) is 6.89. The second-order valence-electron chi connectivity index (χ2n) is 8.28. The van der Waals surface area contributed by atoms with E-state index in [2.05, 4.69) is 36.5 Å². The SMILES string of the molecule is Cc1cccc(NC(=O)/C(C#N)=C/c2ccccc2OCc2c(C)ccc3ccccc23)c1C. The van der Waals surface area contributed by atoms with Crippen molar-refractivity contribution in [3.05, 3.63) is 112 Å². The van der Waals surface area contributed by atoms with Gasteiger partial charge in [0, 0.05) is 16.8 Å². The van der Waals surface area contributed by atoms with Crippen molar-refractivity contribution in [1.29, 1.82) is 5.26 Å². The summed E-state index contributed by atoms with van der Waals surface area (Å²) in [5, 5.41) is 14.9. The van der Waals surface area contributed by atoms with Crippen molar-refractivity contribution in [3.8, 4) is 11.8 Å². The van der Waals surface area contributed by atoms with E-state index in [1.165, 1.54) is 0 Å². The molecular weight excluding hydrogens is 420 g/mol. The summed E-state index contributed by atoms with van der Waals surface area (Å²) in [4.78, 5) is 12.9. The molecule has 0 aliphatic rings. The molecule has 0 atom stereocenters. The van der Waals surface area contributed by atoms with Crippen molar-refractivity contribution in [3.63, 3.8) is 0 Å². The molecule has 0 aliphatic carbocycles. The Morgan fingerprint density at radius 1 is 0.912 bits per heavy atom. The number of ether oxygens (including phenoxy) is 1. The molecule has 0 aromatic heterocycles. The predicted molar refractivity (Wildman–Crippen MR) is 138 cm³/mol. The first kappa shape index (κ1) is 22.8. The lowest BCUT2D eigenvalue weighted by molar-refractivity contribution is -0.112. The lowest BCUT2D eigenvalue weighted by Gasteiger charge is -2.14. The Balaban J connectivity index is 1.59. The first-order chi connectivity index (χ1) is 16.5. The zero-order valence-electron chi connectivity index (χ0n) is 19.6. The summed E-state index contributed by atoms with van der Waals surface area (Å²) in [5.74, 6) is 0.165. The first-order valence-electron chi connectivity index (χ1n) is 11.2. The van der Waals surface area contributed by atoms with Crippen LogP contribution in [0.4, 0.5) is 5.69 Å². The number of aryl methyl sites for hydroxylation is 2. The minimum Gasteiger partial charge on any atom is -0.488 e. The molecule has 168 valence electrons. The van der Waals surface area contributed by atoms with Gasteiger partial charge in [0.1, 0.15) is 24.0 Å². The van der Waals surface area contributed by atoms with E-state index in [4.69, 9.17) is 4.74 Å². The third-order valence-corrected chi connectivity index (χ3v) is 6.08. The number of nitriles is 1. The molecule has 0 radical (unpaired) electrons. The Kier molecular flexibility index (Phi) is 6.75. The van der Waals surface area contributed by atoms with Gasteiger partial charge in [0.15, 0.2) is 0 Å². The monoisotopic (exact) mass is 446 g/mol. The summed E-state index contributed by atoms with van der Waals surface area (Å²) in [6, 6.07) is 27.6. The summed E-state index contributed by atoms with van der Waals surface area (Å²) < 4.78 is 6.20. The van der Waals surface area contributed by atoms with Gasteiger partial charge in [-0.25, -0.2) is 0 Å². The number of anilines is 1. The number of nitrogens with one attached hydrogen (secondary N) is 1. The van der Waals surface area contributed by atoms with E-state index in [1.807, 2.05) is 74.5 Å². The van der Waals surface area contributed by atoms with E-state index >= 15 is 0 Å². The second kappa shape index (κ2) is 10.1. The lowest BCUT2D eigenvalue weighted by atomic mass is 10.0. The van der Waals surface area contributed by atoms with E-state index in [1.54, 1.807) is 6.08 Å². The molecule has 4 aromatic rings. The van der Waals surface area contributed by atoms with Gasteiger partial charge in [0.2, 0.25) is 0 Å². The molecule has 1 amide bonds. The Morgan fingerprint density at radius 2 is 1.68 bits per heavy atom. The fourth-order valence-corrected chi connectivity index (χ4v) is 3.90. The highest BCUT2D eigenvalue weighted by Crippen LogP contribution is 2.27. The summed E-state index contributed by atoms with van der Waals surface area (Å²) in [7, 11) is 0. The van der Waals surface area contributed by atoms with Crippen LogP contribution in [0.5, 0.6) is 5.75 Å². The fourth-order valence-electron chi connectivity index (χ4n) is 3.90. The van der Waals surface area contributed by atoms with E-state index < -0.39 is 5.91 Å².